The quantitative estimate of drug-likeness (QED) is 0.727. The second-order valence-corrected chi connectivity index (χ2v) is 4.41. The summed E-state index contributed by atoms with van der Waals surface area (Å²) < 4.78 is 5.44. The highest BCUT2D eigenvalue weighted by atomic mass is 16.5. The maximum atomic E-state index is 5.44. The number of likely N-dealkylation sites (tertiary alicyclic amines) is 1. The van der Waals surface area contributed by atoms with E-state index in [9.17, 15) is 0 Å². The maximum absolute atomic E-state index is 5.44. The third-order valence-electron chi connectivity index (χ3n) is 3.37. The Morgan fingerprint density at radius 2 is 2.36 bits per heavy atom. The second kappa shape index (κ2) is 5.10. The molecule has 2 saturated heterocycles. The Kier molecular flexibility index (Phi) is 3.79. The predicted molar refractivity (Wildman–Crippen MR) is 57.5 cm³/mol. The Labute approximate surface area is 86.8 Å². The molecular weight excluding hydrogens is 176 g/mol. The van der Waals surface area contributed by atoms with Crippen LogP contribution in [0, 0.1) is 0 Å². The molecular formula is C11H22N2O. The number of ether oxygens (including phenoxy) is 1. The van der Waals surface area contributed by atoms with Crippen molar-refractivity contribution in [2.24, 2.45) is 0 Å². The molecule has 14 heavy (non-hydrogen) atoms. The van der Waals surface area contributed by atoms with Gasteiger partial charge in [0.2, 0.25) is 0 Å². The summed E-state index contributed by atoms with van der Waals surface area (Å²) in [5, 5.41) is 3.56. The van der Waals surface area contributed by atoms with Gasteiger partial charge in [-0.15, -0.1) is 0 Å². The van der Waals surface area contributed by atoms with Crippen molar-refractivity contribution < 1.29 is 4.74 Å². The first kappa shape index (κ1) is 10.4. The summed E-state index contributed by atoms with van der Waals surface area (Å²) in [6.07, 6.45) is 3.92. The van der Waals surface area contributed by atoms with Gasteiger partial charge in [0.15, 0.2) is 0 Å². The monoisotopic (exact) mass is 198 g/mol. The van der Waals surface area contributed by atoms with Gasteiger partial charge in [-0.2, -0.15) is 0 Å². The Morgan fingerprint density at radius 1 is 1.43 bits per heavy atom. The summed E-state index contributed by atoms with van der Waals surface area (Å²) in [5.74, 6) is 0. The molecule has 0 saturated carbocycles. The summed E-state index contributed by atoms with van der Waals surface area (Å²) in [4.78, 5) is 2.61. The molecule has 0 aromatic carbocycles. The van der Waals surface area contributed by atoms with Gasteiger partial charge in [-0.3, -0.25) is 4.90 Å². The summed E-state index contributed by atoms with van der Waals surface area (Å²) in [6.45, 7) is 7.71. The molecule has 0 amide bonds. The third-order valence-corrected chi connectivity index (χ3v) is 3.37. The van der Waals surface area contributed by atoms with Gasteiger partial charge in [-0.25, -0.2) is 0 Å². The SMILES string of the molecule is CCNC1CCCN(C2CCOC2)C1. The van der Waals surface area contributed by atoms with E-state index in [1.165, 1.54) is 32.4 Å². The van der Waals surface area contributed by atoms with Crippen LogP contribution >= 0.6 is 0 Å². The van der Waals surface area contributed by atoms with E-state index in [-0.39, 0.29) is 0 Å². The van der Waals surface area contributed by atoms with Crippen LogP contribution in [0.25, 0.3) is 0 Å². The van der Waals surface area contributed by atoms with Crippen molar-refractivity contribution in [3.8, 4) is 0 Å². The molecule has 0 bridgehead atoms. The molecule has 3 heteroatoms. The normalized spacial score (nSPS) is 34.9. The lowest BCUT2D eigenvalue weighted by atomic mass is 10.0. The summed E-state index contributed by atoms with van der Waals surface area (Å²) in [6, 6.07) is 1.42. The van der Waals surface area contributed by atoms with Crippen molar-refractivity contribution in [3.63, 3.8) is 0 Å². The zero-order valence-corrected chi connectivity index (χ0v) is 9.17. The molecule has 2 rings (SSSR count). The molecule has 2 unspecified atom stereocenters. The topological polar surface area (TPSA) is 24.5 Å². The predicted octanol–water partition coefficient (Wildman–Crippen LogP) is 0.849. The number of hydrogen-bond acceptors (Lipinski definition) is 3. The standard InChI is InChI=1S/C11H22N2O/c1-2-12-10-4-3-6-13(8-10)11-5-7-14-9-11/h10-12H,2-9H2,1H3. The van der Waals surface area contributed by atoms with Gasteiger partial charge in [0, 0.05) is 25.2 Å². The average molecular weight is 198 g/mol. The molecule has 0 radical (unpaired) electrons. The van der Waals surface area contributed by atoms with Crippen LogP contribution < -0.4 is 5.32 Å². The number of piperidine rings is 1. The lowest BCUT2D eigenvalue weighted by molar-refractivity contribution is 0.113. The van der Waals surface area contributed by atoms with Gasteiger partial charge < -0.3 is 10.1 Å². The lowest BCUT2D eigenvalue weighted by Gasteiger charge is -2.36. The van der Waals surface area contributed by atoms with E-state index in [1.54, 1.807) is 0 Å². The fourth-order valence-electron chi connectivity index (χ4n) is 2.60. The third kappa shape index (κ3) is 2.47. The van der Waals surface area contributed by atoms with E-state index < -0.39 is 0 Å². The maximum Gasteiger partial charge on any atom is 0.0622 e. The van der Waals surface area contributed by atoms with Crippen LogP contribution in [0.4, 0.5) is 0 Å². The molecule has 0 spiro atoms. The minimum atomic E-state index is 0.705. The van der Waals surface area contributed by atoms with Crippen molar-refractivity contribution >= 4 is 0 Å². The first-order chi connectivity index (χ1) is 6.90. The highest BCUT2D eigenvalue weighted by Crippen LogP contribution is 2.18. The molecule has 2 aliphatic rings. The molecule has 82 valence electrons. The van der Waals surface area contributed by atoms with Crippen molar-refractivity contribution in [1.82, 2.24) is 10.2 Å². The van der Waals surface area contributed by atoms with Gasteiger partial charge in [0.05, 0.1) is 6.61 Å². The number of rotatable bonds is 3. The second-order valence-electron chi connectivity index (χ2n) is 4.41. The molecule has 0 aromatic heterocycles. The van der Waals surface area contributed by atoms with E-state index in [0.717, 1.165) is 19.8 Å². The van der Waals surface area contributed by atoms with E-state index in [4.69, 9.17) is 4.74 Å². The fraction of sp³-hybridized carbons (Fsp3) is 1.00. The van der Waals surface area contributed by atoms with Crippen molar-refractivity contribution in [3.05, 3.63) is 0 Å². The van der Waals surface area contributed by atoms with Crippen LogP contribution in [-0.4, -0.2) is 49.8 Å². The Balaban J connectivity index is 1.80. The summed E-state index contributed by atoms with van der Waals surface area (Å²) in [7, 11) is 0. The molecule has 2 fully saturated rings. The summed E-state index contributed by atoms with van der Waals surface area (Å²) >= 11 is 0. The van der Waals surface area contributed by atoms with Gasteiger partial charge in [-0.1, -0.05) is 6.92 Å². The zero-order chi connectivity index (χ0) is 9.80. The van der Waals surface area contributed by atoms with Crippen LogP contribution in [-0.2, 0) is 4.74 Å². The number of hydrogen-bond donors (Lipinski definition) is 1. The minimum absolute atomic E-state index is 0.705. The Hall–Kier alpha value is -0.120. The fourth-order valence-corrected chi connectivity index (χ4v) is 2.60. The first-order valence-corrected chi connectivity index (χ1v) is 5.95. The Bertz CT molecular complexity index is 167. The van der Waals surface area contributed by atoms with Crippen LogP contribution in [0.3, 0.4) is 0 Å². The van der Waals surface area contributed by atoms with Crippen LogP contribution in [0.1, 0.15) is 26.2 Å². The smallest absolute Gasteiger partial charge is 0.0622 e. The highest BCUT2D eigenvalue weighted by molar-refractivity contribution is 4.84. The van der Waals surface area contributed by atoms with E-state index in [1.807, 2.05) is 0 Å². The molecule has 2 aliphatic heterocycles. The van der Waals surface area contributed by atoms with E-state index in [2.05, 4.69) is 17.1 Å². The van der Waals surface area contributed by atoms with Crippen LogP contribution in [0.2, 0.25) is 0 Å². The van der Waals surface area contributed by atoms with Crippen molar-refractivity contribution in [2.75, 3.05) is 32.8 Å². The number of likely N-dealkylation sites (N-methyl/N-ethyl adjacent to an activating group) is 1. The van der Waals surface area contributed by atoms with Crippen LogP contribution in [0.5, 0.6) is 0 Å². The zero-order valence-electron chi connectivity index (χ0n) is 9.17. The molecule has 0 aliphatic carbocycles. The van der Waals surface area contributed by atoms with Crippen LogP contribution in [0.15, 0.2) is 0 Å². The molecule has 0 aromatic rings. The lowest BCUT2D eigenvalue weighted by Crippen LogP contribution is -2.49. The van der Waals surface area contributed by atoms with Gasteiger partial charge in [-0.05, 0) is 32.4 Å². The first-order valence-electron chi connectivity index (χ1n) is 5.95. The molecule has 2 heterocycles. The van der Waals surface area contributed by atoms with Gasteiger partial charge >= 0.3 is 0 Å². The Morgan fingerprint density at radius 3 is 3.07 bits per heavy atom. The van der Waals surface area contributed by atoms with E-state index >= 15 is 0 Å². The molecule has 2 atom stereocenters. The average Bonchev–Trinajstić information content (AvgIpc) is 2.71. The number of nitrogens with zero attached hydrogens (tertiary/aromatic N) is 1. The summed E-state index contributed by atoms with van der Waals surface area (Å²) in [5.41, 5.74) is 0. The van der Waals surface area contributed by atoms with E-state index in [0.29, 0.717) is 12.1 Å². The van der Waals surface area contributed by atoms with Gasteiger partial charge in [0.25, 0.3) is 0 Å². The highest BCUT2D eigenvalue weighted by Gasteiger charge is 2.27. The van der Waals surface area contributed by atoms with Crippen molar-refractivity contribution in [2.45, 2.75) is 38.3 Å². The number of nitrogens with one attached hydrogen (secondary N) is 1. The largest absolute Gasteiger partial charge is 0.380 e. The molecule has 3 nitrogen and oxygen atoms in total. The minimum Gasteiger partial charge on any atom is -0.380 e. The van der Waals surface area contributed by atoms with Gasteiger partial charge in [0.1, 0.15) is 0 Å². The van der Waals surface area contributed by atoms with Crippen molar-refractivity contribution in [1.29, 1.82) is 0 Å². The molecule has 1 N–H and O–H groups in total.